The van der Waals surface area contributed by atoms with Gasteiger partial charge in [0.15, 0.2) is 0 Å². The molecule has 1 aliphatic heterocycles. The van der Waals surface area contributed by atoms with E-state index in [4.69, 9.17) is 11.6 Å². The molecular formula is C17H18ClN3O3S. The maximum Gasteiger partial charge on any atom is 0.224 e. The van der Waals surface area contributed by atoms with Gasteiger partial charge in [0.2, 0.25) is 15.9 Å². The van der Waals surface area contributed by atoms with Crippen LogP contribution in [0.4, 0.5) is 5.69 Å². The van der Waals surface area contributed by atoms with E-state index in [0.29, 0.717) is 23.6 Å². The van der Waals surface area contributed by atoms with E-state index in [2.05, 4.69) is 15.0 Å². The number of rotatable bonds is 5. The van der Waals surface area contributed by atoms with Crippen LogP contribution in [0.15, 0.2) is 30.6 Å². The highest BCUT2D eigenvalue weighted by molar-refractivity contribution is 7.89. The molecule has 3 rings (SSSR count). The smallest absolute Gasteiger partial charge is 0.224 e. The number of amides is 1. The first-order valence-electron chi connectivity index (χ1n) is 7.92. The summed E-state index contributed by atoms with van der Waals surface area (Å²) in [6, 6.07) is 5.64. The van der Waals surface area contributed by atoms with Gasteiger partial charge in [-0.2, -0.15) is 0 Å². The van der Waals surface area contributed by atoms with Gasteiger partial charge in [0.25, 0.3) is 0 Å². The quantitative estimate of drug-likeness (QED) is 0.836. The Morgan fingerprint density at radius 3 is 2.76 bits per heavy atom. The molecule has 1 amide bonds. The highest BCUT2D eigenvalue weighted by Gasteiger charge is 2.19. The van der Waals surface area contributed by atoms with Gasteiger partial charge in [0.05, 0.1) is 16.5 Å². The number of anilines is 1. The van der Waals surface area contributed by atoms with Crippen LogP contribution in [0, 0.1) is 0 Å². The molecule has 0 unspecified atom stereocenters. The number of pyridine rings is 1. The Morgan fingerprint density at radius 1 is 1.20 bits per heavy atom. The number of aromatic nitrogens is 1. The average Bonchev–Trinajstić information content (AvgIpc) is 2.61. The molecule has 0 saturated carbocycles. The van der Waals surface area contributed by atoms with E-state index >= 15 is 0 Å². The summed E-state index contributed by atoms with van der Waals surface area (Å²) in [6.45, 7) is 1.77. The van der Waals surface area contributed by atoms with Gasteiger partial charge in [-0.25, -0.2) is 13.1 Å². The van der Waals surface area contributed by atoms with Crippen LogP contribution in [-0.4, -0.2) is 25.1 Å². The van der Waals surface area contributed by atoms with Gasteiger partial charge in [-0.1, -0.05) is 11.6 Å². The first-order valence-corrected chi connectivity index (χ1v) is 9.95. The minimum absolute atomic E-state index is 0.0333. The molecule has 0 saturated heterocycles. The Labute approximate surface area is 151 Å². The van der Waals surface area contributed by atoms with Crippen molar-refractivity contribution in [2.75, 3.05) is 11.1 Å². The number of nitrogens with zero attached hydrogens (tertiary/aromatic N) is 1. The summed E-state index contributed by atoms with van der Waals surface area (Å²) in [4.78, 5) is 15.7. The number of sulfonamides is 1. The third-order valence-electron chi connectivity index (χ3n) is 4.06. The van der Waals surface area contributed by atoms with Gasteiger partial charge in [-0.3, -0.25) is 9.78 Å². The maximum absolute atomic E-state index is 11.6. The topological polar surface area (TPSA) is 88.2 Å². The summed E-state index contributed by atoms with van der Waals surface area (Å²) >= 11 is 6.32. The number of fused-ring (bicyclic) bond motifs is 1. The van der Waals surface area contributed by atoms with E-state index in [0.717, 1.165) is 22.3 Å². The van der Waals surface area contributed by atoms with Crippen LogP contribution in [0.1, 0.15) is 24.5 Å². The second-order valence-corrected chi connectivity index (χ2v) is 8.35. The standard InChI is InChI=1S/C17H18ClN3O3S/c1-2-25(23,24)20-9-11-5-14(10-19-8-11)13-6-12-3-4-16(22)21-17(12)15(18)7-13/h5-8,10,20H,2-4,9H2,1H3,(H,21,22). The van der Waals surface area contributed by atoms with E-state index in [9.17, 15) is 13.2 Å². The molecule has 2 aromatic rings. The molecule has 1 aliphatic rings. The van der Waals surface area contributed by atoms with Gasteiger partial charge >= 0.3 is 0 Å². The predicted octanol–water partition coefficient (Wildman–Crippen LogP) is 2.73. The summed E-state index contributed by atoms with van der Waals surface area (Å²) in [7, 11) is -3.26. The Bertz CT molecular complexity index is 929. The molecule has 2 N–H and O–H groups in total. The van der Waals surface area contributed by atoms with Gasteiger partial charge < -0.3 is 5.32 Å². The molecule has 132 valence electrons. The van der Waals surface area contributed by atoms with Crippen LogP contribution in [0.2, 0.25) is 5.02 Å². The number of hydrogen-bond acceptors (Lipinski definition) is 4. The molecule has 0 atom stereocenters. The number of nitrogens with one attached hydrogen (secondary N) is 2. The van der Waals surface area contributed by atoms with E-state index in [1.807, 2.05) is 12.1 Å². The molecule has 0 bridgehead atoms. The molecular weight excluding hydrogens is 362 g/mol. The molecule has 25 heavy (non-hydrogen) atoms. The fraction of sp³-hybridized carbons (Fsp3) is 0.294. The van der Waals surface area contributed by atoms with E-state index in [1.54, 1.807) is 25.4 Å². The van der Waals surface area contributed by atoms with Crippen molar-refractivity contribution < 1.29 is 13.2 Å². The van der Waals surface area contributed by atoms with E-state index in [1.165, 1.54) is 0 Å². The summed E-state index contributed by atoms with van der Waals surface area (Å²) < 4.78 is 25.7. The lowest BCUT2D eigenvalue weighted by molar-refractivity contribution is -0.116. The Balaban J connectivity index is 1.89. The lowest BCUT2D eigenvalue weighted by Gasteiger charge is -2.19. The third-order valence-corrected chi connectivity index (χ3v) is 5.70. The lowest BCUT2D eigenvalue weighted by Crippen LogP contribution is -2.24. The largest absolute Gasteiger partial charge is 0.325 e. The van der Waals surface area contributed by atoms with Crippen LogP contribution >= 0.6 is 11.6 Å². The first kappa shape index (κ1) is 17.8. The molecule has 6 nitrogen and oxygen atoms in total. The molecule has 2 heterocycles. The summed E-state index contributed by atoms with van der Waals surface area (Å²) in [5, 5.41) is 3.28. The number of hydrogen-bond donors (Lipinski definition) is 2. The molecule has 0 fully saturated rings. The molecule has 0 spiro atoms. The fourth-order valence-corrected chi connectivity index (χ4v) is 3.53. The van der Waals surface area contributed by atoms with Gasteiger partial charge in [-0.05, 0) is 48.2 Å². The highest BCUT2D eigenvalue weighted by atomic mass is 35.5. The zero-order valence-corrected chi connectivity index (χ0v) is 15.2. The van der Waals surface area contributed by atoms with Crippen LogP contribution < -0.4 is 10.0 Å². The fourth-order valence-electron chi connectivity index (χ4n) is 2.66. The lowest BCUT2D eigenvalue weighted by atomic mass is 9.97. The number of halogens is 1. The van der Waals surface area contributed by atoms with Crippen molar-refractivity contribution in [3.8, 4) is 11.1 Å². The van der Waals surface area contributed by atoms with Crippen molar-refractivity contribution in [2.24, 2.45) is 0 Å². The van der Waals surface area contributed by atoms with Gasteiger partial charge in [0.1, 0.15) is 0 Å². The van der Waals surface area contributed by atoms with Crippen LogP contribution in [0.5, 0.6) is 0 Å². The Morgan fingerprint density at radius 2 is 2.00 bits per heavy atom. The van der Waals surface area contributed by atoms with Crippen molar-refractivity contribution in [3.63, 3.8) is 0 Å². The SMILES string of the molecule is CCS(=O)(=O)NCc1cncc(-c2cc(Cl)c3c(c2)CCC(=O)N3)c1. The van der Waals surface area contributed by atoms with Crippen molar-refractivity contribution >= 4 is 33.2 Å². The zero-order valence-electron chi connectivity index (χ0n) is 13.7. The molecule has 0 aliphatic carbocycles. The summed E-state index contributed by atoms with van der Waals surface area (Å²) in [5.74, 6) is 0.000684. The molecule has 1 aromatic carbocycles. The number of carbonyl (C=O) groups is 1. The van der Waals surface area contributed by atoms with Gasteiger partial charge in [-0.15, -0.1) is 0 Å². The summed E-state index contributed by atoms with van der Waals surface area (Å²) in [5.41, 5.74) is 4.14. The van der Waals surface area contributed by atoms with E-state index < -0.39 is 10.0 Å². The molecule has 0 radical (unpaired) electrons. The molecule has 8 heteroatoms. The number of benzene rings is 1. The monoisotopic (exact) mass is 379 g/mol. The minimum Gasteiger partial charge on any atom is -0.325 e. The van der Waals surface area contributed by atoms with Crippen molar-refractivity contribution in [3.05, 3.63) is 46.7 Å². The Hall–Kier alpha value is -1.96. The normalized spacial score (nSPS) is 14.1. The maximum atomic E-state index is 11.6. The van der Waals surface area contributed by atoms with E-state index in [-0.39, 0.29) is 18.2 Å². The highest BCUT2D eigenvalue weighted by Crippen LogP contribution is 2.35. The van der Waals surface area contributed by atoms with Crippen molar-refractivity contribution in [1.82, 2.24) is 9.71 Å². The minimum atomic E-state index is -3.26. The second kappa shape index (κ2) is 7.11. The molecule has 1 aromatic heterocycles. The number of aryl methyl sites for hydroxylation is 1. The zero-order chi connectivity index (χ0) is 18.0. The van der Waals surface area contributed by atoms with Gasteiger partial charge in [0, 0.05) is 30.9 Å². The van der Waals surface area contributed by atoms with Crippen LogP contribution in [0.3, 0.4) is 0 Å². The summed E-state index contributed by atoms with van der Waals surface area (Å²) in [6.07, 6.45) is 4.40. The predicted molar refractivity (Wildman–Crippen MR) is 97.9 cm³/mol. The number of carbonyl (C=O) groups excluding carboxylic acids is 1. The Kier molecular flexibility index (Phi) is 5.08. The van der Waals surface area contributed by atoms with Crippen molar-refractivity contribution in [1.29, 1.82) is 0 Å². The van der Waals surface area contributed by atoms with Crippen LogP contribution in [-0.2, 0) is 27.8 Å². The first-order chi connectivity index (χ1) is 11.9. The second-order valence-electron chi connectivity index (χ2n) is 5.85. The third kappa shape index (κ3) is 4.18. The van der Waals surface area contributed by atoms with Crippen LogP contribution in [0.25, 0.3) is 11.1 Å². The van der Waals surface area contributed by atoms with Crippen molar-refractivity contribution in [2.45, 2.75) is 26.3 Å². The average molecular weight is 380 g/mol.